The number of carbonyl (C=O) groups is 1. The summed E-state index contributed by atoms with van der Waals surface area (Å²) in [5.74, 6) is -0.313. The number of nitrogens with zero attached hydrogens (tertiary/aromatic N) is 1. The molecular weight excluding hydrogens is 334 g/mol. The van der Waals surface area contributed by atoms with Crippen molar-refractivity contribution in [3.8, 4) is 0 Å². The van der Waals surface area contributed by atoms with E-state index < -0.39 is 17.2 Å². The van der Waals surface area contributed by atoms with Crippen molar-refractivity contribution >= 4 is 5.97 Å². The van der Waals surface area contributed by atoms with Crippen molar-refractivity contribution in [2.24, 2.45) is 0 Å². The van der Waals surface area contributed by atoms with E-state index in [1.54, 1.807) is 0 Å². The molecule has 1 aromatic carbocycles. The highest BCUT2D eigenvalue weighted by Gasteiger charge is 2.69. The maximum absolute atomic E-state index is 12.6. The smallest absolute Gasteiger partial charge is 0.338 e. The van der Waals surface area contributed by atoms with Crippen molar-refractivity contribution in [1.82, 2.24) is 4.90 Å². The first-order valence-electron chi connectivity index (χ1n) is 9.30. The van der Waals surface area contributed by atoms with Gasteiger partial charge in [-0.3, -0.25) is 0 Å². The van der Waals surface area contributed by atoms with Crippen molar-refractivity contribution in [3.05, 3.63) is 35.9 Å². The summed E-state index contributed by atoms with van der Waals surface area (Å²) in [6.07, 6.45) is 1.30. The Balaban J connectivity index is 1.28. The Morgan fingerprint density at radius 2 is 1.73 bits per heavy atom. The van der Waals surface area contributed by atoms with Crippen LogP contribution in [0.2, 0.25) is 0 Å². The molecule has 0 aromatic heterocycles. The van der Waals surface area contributed by atoms with Crippen LogP contribution in [0.4, 0.5) is 0 Å². The quantitative estimate of drug-likeness (QED) is 0.607. The number of epoxide rings is 1. The van der Waals surface area contributed by atoms with Crippen LogP contribution in [0, 0.1) is 0 Å². The second-order valence-electron chi connectivity index (χ2n) is 8.57. The minimum atomic E-state index is -0.592. The highest BCUT2D eigenvalue weighted by Crippen LogP contribution is 2.56. The third-order valence-corrected chi connectivity index (χ3v) is 6.63. The molecule has 140 valence electrons. The lowest BCUT2D eigenvalue weighted by Crippen LogP contribution is -2.56. The summed E-state index contributed by atoms with van der Waals surface area (Å²) in [7, 11) is 0. The zero-order valence-corrected chi connectivity index (χ0v) is 15.5. The minimum absolute atomic E-state index is 0.266. The highest BCUT2D eigenvalue weighted by molar-refractivity contribution is 5.79. The van der Waals surface area contributed by atoms with Gasteiger partial charge in [0.15, 0.2) is 6.10 Å². The van der Waals surface area contributed by atoms with Crippen LogP contribution in [0.1, 0.15) is 39.2 Å². The van der Waals surface area contributed by atoms with Crippen LogP contribution in [0.5, 0.6) is 0 Å². The molecule has 0 aliphatic carbocycles. The van der Waals surface area contributed by atoms with Gasteiger partial charge in [-0.2, -0.15) is 0 Å². The highest BCUT2D eigenvalue weighted by atomic mass is 16.7. The van der Waals surface area contributed by atoms with Crippen molar-refractivity contribution in [2.45, 2.75) is 62.3 Å². The molecule has 4 saturated heterocycles. The van der Waals surface area contributed by atoms with Crippen LogP contribution in [0.3, 0.4) is 0 Å². The summed E-state index contributed by atoms with van der Waals surface area (Å²) in [5.41, 5.74) is -0.648. The zero-order chi connectivity index (χ0) is 18.2. The van der Waals surface area contributed by atoms with Gasteiger partial charge in [0.05, 0.1) is 13.2 Å². The number of rotatable bonds is 4. The Morgan fingerprint density at radius 1 is 1.12 bits per heavy atom. The Bertz CT molecular complexity index is 732. The molecular formula is C20H25NO5. The van der Waals surface area contributed by atoms with Gasteiger partial charge in [0, 0.05) is 0 Å². The fourth-order valence-corrected chi connectivity index (χ4v) is 5.12. The van der Waals surface area contributed by atoms with Gasteiger partial charge < -0.3 is 18.9 Å². The molecule has 4 aliphatic rings. The fraction of sp³-hybridized carbons (Fsp3) is 0.650. The number of hydrogen-bond acceptors (Lipinski definition) is 6. The predicted molar refractivity (Wildman–Crippen MR) is 92.1 cm³/mol. The van der Waals surface area contributed by atoms with Gasteiger partial charge in [-0.25, -0.2) is 9.69 Å². The van der Waals surface area contributed by atoms with Crippen molar-refractivity contribution in [1.29, 1.82) is 0 Å². The van der Waals surface area contributed by atoms with E-state index in [4.69, 9.17) is 18.9 Å². The molecule has 6 nitrogen and oxygen atoms in total. The van der Waals surface area contributed by atoms with Gasteiger partial charge >= 0.3 is 5.97 Å². The van der Waals surface area contributed by atoms with E-state index in [-0.39, 0.29) is 24.0 Å². The first kappa shape index (κ1) is 16.7. The largest absolute Gasteiger partial charge is 0.462 e. The summed E-state index contributed by atoms with van der Waals surface area (Å²) in [6.45, 7) is 7.45. The number of ether oxygens (including phenoxy) is 4. The zero-order valence-electron chi connectivity index (χ0n) is 15.5. The molecule has 4 heterocycles. The Kier molecular flexibility index (Phi) is 3.25. The number of esters is 1. The van der Waals surface area contributed by atoms with Crippen LogP contribution >= 0.6 is 0 Å². The molecule has 0 spiro atoms. The Morgan fingerprint density at radius 3 is 2.35 bits per heavy atom. The molecule has 1 aromatic rings. The van der Waals surface area contributed by atoms with E-state index in [2.05, 4.69) is 18.7 Å². The fourth-order valence-electron chi connectivity index (χ4n) is 5.12. The van der Waals surface area contributed by atoms with Crippen molar-refractivity contribution in [2.75, 3.05) is 19.8 Å². The average molecular weight is 359 g/mol. The summed E-state index contributed by atoms with van der Waals surface area (Å²) in [4.78, 5) is 14.9. The molecule has 5 rings (SSSR count). The van der Waals surface area contributed by atoms with Gasteiger partial charge in [-0.05, 0) is 39.2 Å². The van der Waals surface area contributed by atoms with Gasteiger partial charge in [-0.1, -0.05) is 30.3 Å². The normalized spacial score (nSPS) is 46.3. The van der Waals surface area contributed by atoms with E-state index in [1.165, 1.54) is 0 Å². The summed E-state index contributed by atoms with van der Waals surface area (Å²) >= 11 is 0. The predicted octanol–water partition coefficient (Wildman–Crippen LogP) is 2.17. The molecule has 4 fully saturated rings. The molecule has 26 heavy (non-hydrogen) atoms. The van der Waals surface area contributed by atoms with Crippen LogP contribution in [0.25, 0.3) is 0 Å². The van der Waals surface area contributed by atoms with E-state index in [1.807, 2.05) is 37.3 Å². The van der Waals surface area contributed by atoms with Crippen molar-refractivity contribution < 1.29 is 23.7 Å². The second kappa shape index (κ2) is 5.07. The minimum Gasteiger partial charge on any atom is -0.462 e. The molecule has 4 aliphatic heterocycles. The van der Waals surface area contributed by atoms with Crippen LogP contribution in [-0.2, 0) is 29.3 Å². The third-order valence-electron chi connectivity index (χ3n) is 6.63. The summed E-state index contributed by atoms with van der Waals surface area (Å²) in [5, 5.41) is 0. The molecule has 0 bridgehead atoms. The summed E-state index contributed by atoms with van der Waals surface area (Å²) < 4.78 is 23.7. The molecule has 0 saturated carbocycles. The molecule has 4 unspecified atom stereocenters. The lowest BCUT2D eigenvalue weighted by Gasteiger charge is -2.37. The van der Waals surface area contributed by atoms with Crippen molar-refractivity contribution in [3.63, 3.8) is 0 Å². The Hall–Kier alpha value is -1.47. The number of hydrogen-bond donors (Lipinski definition) is 0. The molecule has 0 radical (unpaired) electrons. The van der Waals surface area contributed by atoms with Gasteiger partial charge in [0.2, 0.25) is 0 Å². The first-order chi connectivity index (χ1) is 12.3. The maximum atomic E-state index is 12.6. The van der Waals surface area contributed by atoms with Gasteiger partial charge in [0.1, 0.15) is 29.2 Å². The van der Waals surface area contributed by atoms with Crippen LogP contribution in [-0.4, -0.2) is 53.8 Å². The SMILES string of the molecule is CC1(c2ccccc2)OC1C(=O)OCC12COC3(C)CCC(C)(OC1)N23. The van der Waals surface area contributed by atoms with Crippen LogP contribution < -0.4 is 0 Å². The number of carbonyl (C=O) groups excluding carboxylic acids is 1. The monoisotopic (exact) mass is 359 g/mol. The van der Waals surface area contributed by atoms with Gasteiger partial charge in [-0.15, -0.1) is 0 Å². The second-order valence-corrected chi connectivity index (χ2v) is 8.57. The first-order valence-corrected chi connectivity index (χ1v) is 9.30. The van der Waals surface area contributed by atoms with E-state index in [0.29, 0.717) is 13.2 Å². The average Bonchev–Trinajstić information content (AvgIpc) is 2.96. The summed E-state index contributed by atoms with van der Waals surface area (Å²) in [6, 6.07) is 9.80. The topological polar surface area (TPSA) is 60.5 Å². The molecule has 0 N–H and O–H groups in total. The van der Waals surface area contributed by atoms with Gasteiger partial charge in [0.25, 0.3) is 0 Å². The van der Waals surface area contributed by atoms with Crippen LogP contribution in [0.15, 0.2) is 30.3 Å². The molecule has 0 amide bonds. The van der Waals surface area contributed by atoms with E-state index >= 15 is 0 Å². The molecule has 6 heteroatoms. The van der Waals surface area contributed by atoms with E-state index in [0.717, 1.165) is 18.4 Å². The number of benzene rings is 1. The lowest BCUT2D eigenvalue weighted by molar-refractivity contribution is -0.150. The maximum Gasteiger partial charge on any atom is 0.338 e. The lowest BCUT2D eigenvalue weighted by atomic mass is 9.97. The molecule has 4 atom stereocenters. The standard InChI is InChI=1S/C20H25NO5/c1-17-9-10-18(2)21(17)20(12-24-17,13-25-18)11-23-16(22)15-19(3,26-15)14-7-5-4-6-8-14/h4-8,15H,9-13H2,1-3H3. The third kappa shape index (κ3) is 2.10. The Labute approximate surface area is 153 Å². The van der Waals surface area contributed by atoms with E-state index in [9.17, 15) is 4.79 Å².